The molecule has 0 fully saturated rings. The molecule has 11 heteroatoms. The predicted octanol–water partition coefficient (Wildman–Crippen LogP) is 0.845. The van der Waals surface area contributed by atoms with E-state index >= 15 is 0 Å². The Morgan fingerprint density at radius 2 is 2.14 bits per heavy atom. The quantitative estimate of drug-likeness (QED) is 0.342. The molecule has 10 nitrogen and oxygen atoms in total. The van der Waals surface area contributed by atoms with E-state index in [1.807, 2.05) is 24.3 Å². The number of H-pyrrole nitrogens is 1. The number of pyridine rings is 1. The molecule has 0 spiro atoms. The van der Waals surface area contributed by atoms with Crippen LogP contribution < -0.4 is 11.1 Å². The zero-order valence-electron chi connectivity index (χ0n) is 15.5. The molecule has 4 rings (SSSR count). The number of carbonyl (C=O) groups is 1. The van der Waals surface area contributed by atoms with Crippen molar-refractivity contribution in [1.82, 2.24) is 30.3 Å². The molecule has 0 saturated heterocycles. The van der Waals surface area contributed by atoms with Gasteiger partial charge in [-0.15, -0.1) is 0 Å². The second-order valence-corrected chi connectivity index (χ2v) is 7.71. The van der Waals surface area contributed by atoms with E-state index in [4.69, 9.17) is 5.73 Å². The third-order valence-electron chi connectivity index (χ3n) is 4.68. The van der Waals surface area contributed by atoms with Crippen LogP contribution in [-0.2, 0) is 15.5 Å². The average Bonchev–Trinajstić information content (AvgIpc) is 3.37. The first-order chi connectivity index (χ1) is 13.9. The summed E-state index contributed by atoms with van der Waals surface area (Å²) in [4.78, 5) is 16.8. The lowest BCUT2D eigenvalue weighted by Crippen LogP contribution is -2.33. The van der Waals surface area contributed by atoms with Gasteiger partial charge in [-0.25, -0.2) is 13.4 Å². The van der Waals surface area contributed by atoms with Gasteiger partial charge >= 0.3 is 0 Å². The molecule has 0 aliphatic rings. The van der Waals surface area contributed by atoms with Crippen LogP contribution >= 0.6 is 0 Å². The first-order valence-corrected chi connectivity index (χ1v) is 10.3. The lowest BCUT2D eigenvalue weighted by molar-refractivity contribution is -0.123. The van der Waals surface area contributed by atoms with E-state index in [-0.39, 0.29) is 18.2 Å². The second-order valence-electron chi connectivity index (χ2n) is 6.59. The Labute approximate surface area is 167 Å². The molecule has 1 aromatic carbocycles. The van der Waals surface area contributed by atoms with Gasteiger partial charge in [0.1, 0.15) is 28.1 Å². The normalized spacial score (nSPS) is 12.6. The van der Waals surface area contributed by atoms with Gasteiger partial charge in [-0.1, -0.05) is 6.07 Å². The maximum Gasteiger partial charge on any atom is 0.244 e. The van der Waals surface area contributed by atoms with Gasteiger partial charge in [-0.3, -0.25) is 14.6 Å². The molecule has 0 radical (unpaired) electrons. The highest BCUT2D eigenvalue weighted by Gasteiger charge is 2.19. The van der Waals surface area contributed by atoms with Crippen molar-refractivity contribution in [2.24, 2.45) is 0 Å². The highest BCUT2D eigenvalue weighted by atomic mass is 32.2. The van der Waals surface area contributed by atoms with Crippen molar-refractivity contribution in [2.45, 2.75) is 13.0 Å². The summed E-state index contributed by atoms with van der Waals surface area (Å²) < 4.78 is 22.8. The number of rotatable bonds is 6. The standard InChI is InChI=1S/C18H19N7O3S/c1-10(18(26)20-6-7-29(27)28)25-9-13-16(24-25)12-3-2-11(14-4-5-21-23-14)8-15(12)22-17(13)19/h2-5,8-10,29H,6-7H2,1H3,(H2,19,22)(H,20,26)(H,21,23). The summed E-state index contributed by atoms with van der Waals surface area (Å²) in [6, 6.07) is 6.98. The minimum absolute atomic E-state index is 0.0612. The van der Waals surface area contributed by atoms with Crippen LogP contribution in [-0.4, -0.2) is 51.6 Å². The number of thiol groups is 1. The van der Waals surface area contributed by atoms with Crippen LogP contribution in [0.5, 0.6) is 0 Å². The molecular weight excluding hydrogens is 394 g/mol. The van der Waals surface area contributed by atoms with Crippen molar-refractivity contribution in [1.29, 1.82) is 0 Å². The molecule has 1 unspecified atom stereocenters. The first kappa shape index (κ1) is 18.9. The van der Waals surface area contributed by atoms with Gasteiger partial charge in [0, 0.05) is 29.9 Å². The van der Waals surface area contributed by atoms with E-state index in [1.54, 1.807) is 19.3 Å². The second kappa shape index (κ2) is 7.51. The van der Waals surface area contributed by atoms with Crippen LogP contribution in [0.25, 0.3) is 33.1 Å². The maximum atomic E-state index is 12.3. The van der Waals surface area contributed by atoms with E-state index < -0.39 is 16.7 Å². The fourth-order valence-electron chi connectivity index (χ4n) is 3.11. The maximum absolute atomic E-state index is 12.3. The Morgan fingerprint density at radius 1 is 1.31 bits per heavy atom. The molecule has 4 aromatic rings. The number of benzene rings is 1. The molecule has 150 valence electrons. The lowest BCUT2D eigenvalue weighted by atomic mass is 10.1. The van der Waals surface area contributed by atoms with Crippen molar-refractivity contribution in [3.05, 3.63) is 36.7 Å². The SMILES string of the molecule is CC(C(=O)NCC[SH](=O)=O)n1cc2c(N)nc3cc(-c4ccn[nH]4)ccc3c2n1. The zero-order valence-corrected chi connectivity index (χ0v) is 16.4. The van der Waals surface area contributed by atoms with Gasteiger partial charge in [0.2, 0.25) is 5.91 Å². The fourth-order valence-corrected chi connectivity index (χ4v) is 3.41. The summed E-state index contributed by atoms with van der Waals surface area (Å²) in [6.45, 7) is 1.74. The molecule has 3 heterocycles. The number of hydrogen-bond donors (Lipinski definition) is 4. The van der Waals surface area contributed by atoms with E-state index in [0.29, 0.717) is 22.2 Å². The molecular formula is C18H19N7O3S. The highest BCUT2D eigenvalue weighted by molar-refractivity contribution is 7.72. The molecule has 4 N–H and O–H groups in total. The molecule has 0 saturated carbocycles. The van der Waals surface area contributed by atoms with Crippen LogP contribution in [0.2, 0.25) is 0 Å². The summed E-state index contributed by atoms with van der Waals surface area (Å²) in [5.41, 5.74) is 9.26. The van der Waals surface area contributed by atoms with Crippen LogP contribution in [0.3, 0.4) is 0 Å². The Hall–Kier alpha value is -3.47. The van der Waals surface area contributed by atoms with Gasteiger partial charge in [-0.05, 0) is 25.1 Å². The minimum atomic E-state index is -2.53. The fraction of sp³-hybridized carbons (Fsp3) is 0.222. The van der Waals surface area contributed by atoms with Crippen LogP contribution in [0.4, 0.5) is 5.82 Å². The molecule has 1 amide bonds. The Balaban J connectivity index is 1.70. The summed E-state index contributed by atoms with van der Waals surface area (Å²) in [5.74, 6) is -0.113. The monoisotopic (exact) mass is 413 g/mol. The summed E-state index contributed by atoms with van der Waals surface area (Å²) in [7, 11) is -2.53. The molecule has 3 aromatic heterocycles. The topological polar surface area (TPSA) is 149 Å². The summed E-state index contributed by atoms with van der Waals surface area (Å²) in [6.07, 6.45) is 3.35. The first-order valence-electron chi connectivity index (χ1n) is 8.91. The predicted molar refractivity (Wildman–Crippen MR) is 110 cm³/mol. The van der Waals surface area contributed by atoms with Crippen molar-refractivity contribution in [3.8, 4) is 11.3 Å². The van der Waals surface area contributed by atoms with Crippen molar-refractivity contribution in [2.75, 3.05) is 18.0 Å². The highest BCUT2D eigenvalue weighted by Crippen LogP contribution is 2.30. The molecule has 0 aliphatic carbocycles. The number of amides is 1. The van der Waals surface area contributed by atoms with E-state index in [2.05, 4.69) is 25.6 Å². The van der Waals surface area contributed by atoms with Crippen molar-refractivity contribution < 1.29 is 13.2 Å². The van der Waals surface area contributed by atoms with Crippen LogP contribution in [0.15, 0.2) is 36.7 Å². The Kier molecular flexibility index (Phi) is 4.89. The smallest absolute Gasteiger partial charge is 0.244 e. The van der Waals surface area contributed by atoms with Crippen molar-refractivity contribution >= 4 is 44.2 Å². The summed E-state index contributed by atoms with van der Waals surface area (Å²) in [5, 5.41) is 15.5. The van der Waals surface area contributed by atoms with Gasteiger partial charge in [0.15, 0.2) is 0 Å². The Bertz CT molecular complexity index is 1270. The Morgan fingerprint density at radius 3 is 2.86 bits per heavy atom. The number of aromatic amines is 1. The zero-order chi connectivity index (χ0) is 20.5. The van der Waals surface area contributed by atoms with Gasteiger partial charge in [0.05, 0.1) is 22.3 Å². The largest absolute Gasteiger partial charge is 0.383 e. The number of aromatic nitrogens is 5. The van der Waals surface area contributed by atoms with E-state index in [1.165, 1.54) is 4.68 Å². The number of hydrogen-bond acceptors (Lipinski definition) is 7. The average molecular weight is 413 g/mol. The summed E-state index contributed by atoms with van der Waals surface area (Å²) >= 11 is 0. The number of nitrogens with two attached hydrogens (primary N) is 1. The lowest BCUT2D eigenvalue weighted by Gasteiger charge is -2.11. The number of fused-ring (bicyclic) bond motifs is 3. The van der Waals surface area contributed by atoms with Crippen molar-refractivity contribution in [3.63, 3.8) is 0 Å². The molecule has 29 heavy (non-hydrogen) atoms. The molecule has 0 bridgehead atoms. The number of anilines is 1. The van der Waals surface area contributed by atoms with Gasteiger partial charge < -0.3 is 11.1 Å². The van der Waals surface area contributed by atoms with Crippen LogP contribution in [0.1, 0.15) is 13.0 Å². The van der Waals surface area contributed by atoms with Gasteiger partial charge in [-0.2, -0.15) is 10.2 Å². The number of nitrogens with zero attached hydrogens (tertiary/aromatic N) is 4. The molecule has 0 aliphatic heterocycles. The number of nitrogen functional groups attached to an aromatic ring is 1. The van der Waals surface area contributed by atoms with Crippen LogP contribution in [0, 0.1) is 0 Å². The number of carbonyl (C=O) groups excluding carboxylic acids is 1. The third kappa shape index (κ3) is 3.63. The third-order valence-corrected chi connectivity index (χ3v) is 5.27. The number of nitrogens with one attached hydrogen (secondary N) is 2. The van der Waals surface area contributed by atoms with E-state index in [9.17, 15) is 13.2 Å². The van der Waals surface area contributed by atoms with E-state index in [0.717, 1.165) is 16.6 Å². The molecule has 1 atom stereocenters. The minimum Gasteiger partial charge on any atom is -0.383 e. The van der Waals surface area contributed by atoms with Gasteiger partial charge in [0.25, 0.3) is 0 Å².